The molecule has 4 amide bonds. The molecule has 0 spiro atoms. The number of rotatable bonds is 4. The van der Waals surface area contributed by atoms with E-state index in [1.54, 1.807) is 9.80 Å². The summed E-state index contributed by atoms with van der Waals surface area (Å²) in [4.78, 5) is 27.3. The van der Waals surface area contributed by atoms with E-state index in [4.69, 9.17) is 0 Å². The lowest BCUT2D eigenvalue weighted by atomic mass is 10.3. The first-order valence-corrected chi connectivity index (χ1v) is 13.6. The number of carbonyl (C=O) groups is 2. The zero-order valence-electron chi connectivity index (χ0n) is 15.6. The molecule has 31 heavy (non-hydrogen) atoms. The van der Waals surface area contributed by atoms with Crippen LogP contribution in [0.1, 0.15) is 0 Å². The number of sulfone groups is 1. The molecule has 8 nitrogen and oxygen atoms in total. The highest BCUT2D eigenvalue weighted by molar-refractivity contribution is 9.11. The van der Waals surface area contributed by atoms with Crippen molar-refractivity contribution >= 4 is 97.0 Å². The molecule has 164 valence electrons. The number of amides is 4. The van der Waals surface area contributed by atoms with E-state index < -0.39 is 9.84 Å². The van der Waals surface area contributed by atoms with E-state index in [0.717, 1.165) is 0 Å². The number of nitrogens with zero attached hydrogens (tertiary/aromatic N) is 2. The van der Waals surface area contributed by atoms with E-state index in [1.807, 2.05) is 0 Å². The van der Waals surface area contributed by atoms with Crippen molar-refractivity contribution in [2.75, 3.05) is 36.8 Å². The minimum absolute atomic E-state index is 0.0376. The van der Waals surface area contributed by atoms with Gasteiger partial charge in [0, 0.05) is 44.1 Å². The Bertz CT molecular complexity index is 1080. The van der Waals surface area contributed by atoms with Gasteiger partial charge in [0.2, 0.25) is 9.84 Å². The number of nitrogens with one attached hydrogen (secondary N) is 2. The monoisotopic (exact) mass is 698 g/mol. The third-order valence-electron chi connectivity index (χ3n) is 4.58. The summed E-state index contributed by atoms with van der Waals surface area (Å²) in [5.74, 6) is 0. The molecule has 0 radical (unpaired) electrons. The number of halogens is 4. The molecule has 4 rings (SSSR count). The van der Waals surface area contributed by atoms with E-state index in [0.29, 0.717) is 55.4 Å². The number of hydrogen-bond donors (Lipinski definition) is 2. The van der Waals surface area contributed by atoms with Gasteiger partial charge in [-0.3, -0.25) is 0 Å². The first-order valence-electron chi connectivity index (χ1n) is 8.93. The summed E-state index contributed by atoms with van der Waals surface area (Å²) in [7, 11) is -3.89. The predicted octanol–water partition coefficient (Wildman–Crippen LogP) is 5.26. The Hall–Kier alpha value is -1.15. The Morgan fingerprint density at radius 1 is 0.677 bits per heavy atom. The highest BCUT2D eigenvalue weighted by Gasteiger charge is 2.28. The van der Waals surface area contributed by atoms with Gasteiger partial charge in [0.15, 0.2) is 0 Å². The van der Waals surface area contributed by atoms with Gasteiger partial charge in [-0.25, -0.2) is 18.0 Å². The van der Waals surface area contributed by atoms with Crippen LogP contribution in [0.25, 0.3) is 0 Å². The summed E-state index contributed by atoms with van der Waals surface area (Å²) in [6.45, 7) is 2.80. The summed E-state index contributed by atoms with van der Waals surface area (Å²) >= 11 is 13.4. The minimum atomic E-state index is -3.89. The Balaban J connectivity index is 1.64. The van der Waals surface area contributed by atoms with Crippen LogP contribution in [-0.4, -0.2) is 56.5 Å². The largest absolute Gasteiger partial charge is 0.322 e. The Morgan fingerprint density at radius 3 is 1.23 bits per heavy atom. The van der Waals surface area contributed by atoms with Crippen LogP contribution in [0.3, 0.4) is 0 Å². The van der Waals surface area contributed by atoms with Gasteiger partial charge in [0.05, 0.1) is 21.2 Å². The Kier molecular flexibility index (Phi) is 6.43. The molecule has 0 aliphatic carbocycles. The molecule has 0 saturated carbocycles. The molecule has 2 saturated heterocycles. The fourth-order valence-corrected chi connectivity index (χ4v) is 7.40. The normalized spacial score (nSPS) is 15.0. The second-order valence-corrected chi connectivity index (χ2v) is 12.2. The smallest absolute Gasteiger partial charge is 0.321 e. The number of anilines is 2. The van der Waals surface area contributed by atoms with Crippen molar-refractivity contribution in [3.63, 3.8) is 0 Å². The third-order valence-corrected chi connectivity index (χ3v) is 8.80. The molecule has 2 N–H and O–H groups in total. The van der Waals surface area contributed by atoms with E-state index in [-0.39, 0.29) is 21.9 Å². The zero-order chi connectivity index (χ0) is 22.5. The van der Waals surface area contributed by atoms with Gasteiger partial charge in [-0.05, 0) is 88.0 Å². The second kappa shape index (κ2) is 8.65. The van der Waals surface area contributed by atoms with E-state index >= 15 is 0 Å². The van der Waals surface area contributed by atoms with Crippen molar-refractivity contribution in [1.29, 1.82) is 0 Å². The first kappa shape index (κ1) is 23.0. The molecule has 2 aromatic rings. The lowest BCUT2D eigenvalue weighted by molar-refractivity contribution is 0.241. The van der Waals surface area contributed by atoms with Crippen molar-refractivity contribution < 1.29 is 18.0 Å². The summed E-state index contributed by atoms with van der Waals surface area (Å²) in [6.07, 6.45) is 0. The van der Waals surface area contributed by atoms with Crippen LogP contribution in [-0.2, 0) is 9.84 Å². The summed E-state index contributed by atoms with van der Waals surface area (Å²) < 4.78 is 28.3. The molecule has 2 aromatic carbocycles. The van der Waals surface area contributed by atoms with Crippen molar-refractivity contribution in [3.8, 4) is 0 Å². The van der Waals surface area contributed by atoms with Crippen LogP contribution in [0, 0.1) is 0 Å². The molecule has 13 heteroatoms. The van der Waals surface area contributed by atoms with Crippen LogP contribution < -0.4 is 10.6 Å². The molecular weight excluding hydrogens is 688 g/mol. The van der Waals surface area contributed by atoms with Crippen LogP contribution in [0.15, 0.2) is 51.9 Å². The standard InChI is InChI=1S/C18H14Br4N4O4S/c19-11-5-9(6-12(20)15(11)23-17(27)25-1-2-25)31(29,30)10-7-13(21)16(14(22)8-10)24-18(28)26-3-4-26/h5-8H,1-4H2,(H,23,27)(H,24,28). The number of benzene rings is 2. The average molecular weight is 702 g/mol. The Morgan fingerprint density at radius 2 is 0.968 bits per heavy atom. The van der Waals surface area contributed by atoms with Crippen molar-refractivity contribution in [2.24, 2.45) is 0 Å². The van der Waals surface area contributed by atoms with E-state index in [2.05, 4.69) is 74.4 Å². The molecule has 0 bridgehead atoms. The lowest BCUT2D eigenvalue weighted by Gasteiger charge is -2.15. The summed E-state index contributed by atoms with van der Waals surface area (Å²) in [5.41, 5.74) is 0.901. The maximum absolute atomic E-state index is 13.3. The highest BCUT2D eigenvalue weighted by Crippen LogP contribution is 2.39. The van der Waals surface area contributed by atoms with Gasteiger partial charge in [-0.15, -0.1) is 0 Å². The summed E-state index contributed by atoms with van der Waals surface area (Å²) in [5, 5.41) is 5.51. The van der Waals surface area contributed by atoms with Gasteiger partial charge >= 0.3 is 12.1 Å². The van der Waals surface area contributed by atoms with Gasteiger partial charge in [0.25, 0.3) is 0 Å². The molecule has 2 aliphatic rings. The number of hydrogen-bond acceptors (Lipinski definition) is 4. The zero-order valence-corrected chi connectivity index (χ0v) is 22.7. The highest BCUT2D eigenvalue weighted by atomic mass is 79.9. The Labute approximate surface area is 212 Å². The molecule has 2 heterocycles. The molecule has 0 aromatic heterocycles. The van der Waals surface area contributed by atoms with Crippen LogP contribution in [0.5, 0.6) is 0 Å². The quantitative estimate of drug-likeness (QED) is 0.425. The molecule has 0 unspecified atom stereocenters. The maximum atomic E-state index is 13.3. The van der Waals surface area contributed by atoms with Crippen LogP contribution in [0.4, 0.5) is 21.0 Å². The second-order valence-electron chi connectivity index (χ2n) is 6.86. The van der Waals surface area contributed by atoms with Gasteiger partial charge in [0.1, 0.15) is 0 Å². The fourth-order valence-electron chi connectivity index (χ4n) is 2.66. The minimum Gasteiger partial charge on any atom is -0.321 e. The fraction of sp³-hybridized carbons (Fsp3) is 0.222. The molecule has 0 atom stereocenters. The topological polar surface area (TPSA) is 98.4 Å². The molecule has 2 aliphatic heterocycles. The van der Waals surface area contributed by atoms with Gasteiger partial charge < -0.3 is 20.4 Å². The van der Waals surface area contributed by atoms with Gasteiger partial charge in [-0.1, -0.05) is 0 Å². The predicted molar refractivity (Wildman–Crippen MR) is 130 cm³/mol. The van der Waals surface area contributed by atoms with Crippen LogP contribution >= 0.6 is 63.7 Å². The summed E-state index contributed by atoms with van der Waals surface area (Å²) in [6, 6.07) is 5.27. The van der Waals surface area contributed by atoms with E-state index in [1.165, 1.54) is 24.3 Å². The first-order chi connectivity index (χ1) is 14.6. The lowest BCUT2D eigenvalue weighted by Crippen LogP contribution is -2.19. The molecular formula is C18H14Br4N4O4S. The SMILES string of the molecule is O=C(Nc1c(Br)cc(S(=O)(=O)c2cc(Br)c(NC(=O)N3CC3)c(Br)c2)cc1Br)N1CC1. The number of urea groups is 2. The van der Waals surface area contributed by atoms with Crippen LogP contribution in [0.2, 0.25) is 0 Å². The maximum Gasteiger partial charge on any atom is 0.322 e. The molecule has 2 fully saturated rings. The van der Waals surface area contributed by atoms with Crippen molar-refractivity contribution in [1.82, 2.24) is 9.80 Å². The van der Waals surface area contributed by atoms with E-state index in [9.17, 15) is 18.0 Å². The third kappa shape index (κ3) is 4.95. The average Bonchev–Trinajstić information content (AvgIpc) is 3.58. The number of carbonyl (C=O) groups excluding carboxylic acids is 2. The van der Waals surface area contributed by atoms with Gasteiger partial charge in [-0.2, -0.15) is 0 Å². The van der Waals surface area contributed by atoms with Crippen molar-refractivity contribution in [2.45, 2.75) is 9.79 Å². The van der Waals surface area contributed by atoms with Crippen molar-refractivity contribution in [3.05, 3.63) is 42.2 Å².